The Morgan fingerprint density at radius 3 is 1.78 bits per heavy atom. The van der Waals surface area contributed by atoms with Crippen molar-refractivity contribution in [3.05, 3.63) is 176 Å². The zero-order valence-electron chi connectivity index (χ0n) is 25.1. The molecule has 0 spiro atoms. The van der Waals surface area contributed by atoms with E-state index >= 15 is 0 Å². The Balaban J connectivity index is 1.20. The minimum absolute atomic E-state index is 0.911. The number of furan rings is 1. The van der Waals surface area contributed by atoms with Crippen molar-refractivity contribution in [3.8, 4) is 22.3 Å². The van der Waals surface area contributed by atoms with Gasteiger partial charge in [0.2, 0.25) is 0 Å². The highest BCUT2D eigenvalue weighted by molar-refractivity contribution is 6.15. The number of hydrogen-bond donors (Lipinski definition) is 0. The summed E-state index contributed by atoms with van der Waals surface area (Å²) in [6.07, 6.45) is 0. The average molecular weight is 588 g/mol. The lowest BCUT2D eigenvalue weighted by Gasteiger charge is -2.27. The van der Waals surface area contributed by atoms with Gasteiger partial charge in [0.25, 0.3) is 0 Å². The van der Waals surface area contributed by atoms with Gasteiger partial charge in [-0.2, -0.15) is 0 Å². The van der Waals surface area contributed by atoms with E-state index in [1.807, 2.05) is 12.1 Å². The third kappa shape index (κ3) is 4.27. The lowest BCUT2D eigenvalue weighted by molar-refractivity contribution is 0.670. The van der Waals surface area contributed by atoms with E-state index in [9.17, 15) is 0 Å². The number of para-hydroxylation sites is 3. The molecule has 0 aliphatic carbocycles. The van der Waals surface area contributed by atoms with Crippen LogP contribution in [0.5, 0.6) is 0 Å². The molecule has 0 N–H and O–H groups in total. The molecule has 0 radical (unpaired) electrons. The molecule has 0 fully saturated rings. The minimum Gasteiger partial charge on any atom is -0.455 e. The van der Waals surface area contributed by atoms with Crippen molar-refractivity contribution in [3.63, 3.8) is 0 Å². The maximum Gasteiger partial charge on any atom is 0.143 e. The number of nitrogens with zero attached hydrogens (tertiary/aromatic N) is 1. The number of benzene rings is 8. The van der Waals surface area contributed by atoms with Crippen LogP contribution in [0, 0.1) is 0 Å². The van der Waals surface area contributed by atoms with Gasteiger partial charge in [0, 0.05) is 33.1 Å². The zero-order valence-corrected chi connectivity index (χ0v) is 25.1. The van der Waals surface area contributed by atoms with Crippen LogP contribution < -0.4 is 4.90 Å². The summed E-state index contributed by atoms with van der Waals surface area (Å²) < 4.78 is 6.44. The quantitative estimate of drug-likeness (QED) is 0.186. The van der Waals surface area contributed by atoms with Crippen LogP contribution in [0.3, 0.4) is 0 Å². The van der Waals surface area contributed by atoms with Gasteiger partial charge in [0.15, 0.2) is 0 Å². The van der Waals surface area contributed by atoms with Crippen molar-refractivity contribution >= 4 is 60.5 Å². The third-order valence-electron chi connectivity index (χ3n) is 9.06. The molecule has 1 aromatic heterocycles. The zero-order chi connectivity index (χ0) is 30.5. The first kappa shape index (κ1) is 26.3. The fourth-order valence-electron chi connectivity index (χ4n) is 6.94. The number of hydrogen-bond acceptors (Lipinski definition) is 2. The average Bonchev–Trinajstić information content (AvgIpc) is 3.52. The maximum atomic E-state index is 6.44. The van der Waals surface area contributed by atoms with Crippen LogP contribution in [-0.4, -0.2) is 0 Å². The fraction of sp³-hybridized carbons (Fsp3) is 0. The smallest absolute Gasteiger partial charge is 0.143 e. The first-order valence-corrected chi connectivity index (χ1v) is 15.7. The molecule has 0 aliphatic heterocycles. The SMILES string of the molecule is c1ccc(N(c2ccc(-c3ccccc3-c3cccc4c3oc3ccccc34)cc2)c2cc3ccccc3c3ccccc23)cc1. The van der Waals surface area contributed by atoms with Crippen LogP contribution in [0.4, 0.5) is 17.1 Å². The normalized spacial score (nSPS) is 11.5. The lowest BCUT2D eigenvalue weighted by Crippen LogP contribution is -2.10. The van der Waals surface area contributed by atoms with Crippen molar-refractivity contribution in [2.24, 2.45) is 0 Å². The molecule has 0 bridgehead atoms. The first-order chi connectivity index (χ1) is 22.8. The summed E-state index contributed by atoms with van der Waals surface area (Å²) in [4.78, 5) is 2.37. The Morgan fingerprint density at radius 1 is 0.370 bits per heavy atom. The molecule has 0 saturated carbocycles. The summed E-state index contributed by atoms with van der Waals surface area (Å²) in [5, 5.41) is 7.24. The highest BCUT2D eigenvalue weighted by Gasteiger charge is 2.19. The van der Waals surface area contributed by atoms with E-state index in [0.29, 0.717) is 0 Å². The summed E-state index contributed by atoms with van der Waals surface area (Å²) in [6, 6.07) is 62.7. The number of rotatable bonds is 5. The second-order valence-corrected chi connectivity index (χ2v) is 11.7. The topological polar surface area (TPSA) is 16.4 Å². The van der Waals surface area contributed by atoms with Gasteiger partial charge in [0.05, 0.1) is 5.69 Å². The maximum absolute atomic E-state index is 6.44. The van der Waals surface area contributed by atoms with Gasteiger partial charge in [0.1, 0.15) is 11.2 Å². The third-order valence-corrected chi connectivity index (χ3v) is 9.06. The molecule has 0 atom stereocenters. The van der Waals surface area contributed by atoms with Gasteiger partial charge in [-0.05, 0) is 69.2 Å². The van der Waals surface area contributed by atoms with Crippen LogP contribution in [0.15, 0.2) is 180 Å². The van der Waals surface area contributed by atoms with Crippen LogP contribution in [-0.2, 0) is 0 Å². The van der Waals surface area contributed by atoms with Crippen LogP contribution >= 0.6 is 0 Å². The van der Waals surface area contributed by atoms with E-state index in [4.69, 9.17) is 4.42 Å². The summed E-state index contributed by atoms with van der Waals surface area (Å²) >= 11 is 0. The van der Waals surface area contributed by atoms with Crippen molar-refractivity contribution < 1.29 is 4.42 Å². The number of fused-ring (bicyclic) bond motifs is 6. The van der Waals surface area contributed by atoms with Crippen molar-refractivity contribution in [1.82, 2.24) is 0 Å². The Morgan fingerprint density at radius 2 is 0.957 bits per heavy atom. The molecule has 0 aliphatic rings. The van der Waals surface area contributed by atoms with Gasteiger partial charge in [-0.3, -0.25) is 0 Å². The Bertz CT molecular complexity index is 2530. The lowest BCUT2D eigenvalue weighted by atomic mass is 9.93. The molecule has 216 valence electrons. The molecule has 8 aromatic carbocycles. The molecule has 0 saturated heterocycles. The molecule has 1 heterocycles. The molecular formula is C44H29NO. The summed E-state index contributed by atoms with van der Waals surface area (Å²) in [5.41, 5.74) is 9.79. The second kappa shape index (κ2) is 10.8. The molecule has 0 unspecified atom stereocenters. The molecule has 9 aromatic rings. The molecule has 2 heteroatoms. The minimum atomic E-state index is 0.911. The largest absolute Gasteiger partial charge is 0.455 e. The predicted octanol–water partition coefficient (Wildman–Crippen LogP) is 12.7. The summed E-state index contributed by atoms with van der Waals surface area (Å²) in [5.74, 6) is 0. The van der Waals surface area contributed by atoms with Crippen molar-refractivity contribution in [1.29, 1.82) is 0 Å². The predicted molar refractivity (Wildman–Crippen MR) is 194 cm³/mol. The Kier molecular flexibility index (Phi) is 6.17. The van der Waals surface area contributed by atoms with Crippen molar-refractivity contribution in [2.75, 3.05) is 4.90 Å². The summed E-state index contributed by atoms with van der Waals surface area (Å²) in [6.45, 7) is 0. The highest BCUT2D eigenvalue weighted by Crippen LogP contribution is 2.44. The van der Waals surface area contributed by atoms with Crippen LogP contribution in [0.25, 0.3) is 65.7 Å². The van der Waals surface area contributed by atoms with E-state index in [2.05, 4.69) is 169 Å². The standard InChI is InChI=1S/C44H29NO/c1-2-14-32(15-3-1)45(42-29-31-13-4-5-17-35(31)36-18-8-9-20-38(36)42)33-27-25-30(26-28-33)34-16-6-7-19-37(34)40-22-12-23-41-39-21-10-11-24-43(39)46-44(40)41/h1-29H. The van der Waals surface area contributed by atoms with Gasteiger partial charge >= 0.3 is 0 Å². The van der Waals surface area contributed by atoms with Crippen LogP contribution in [0.1, 0.15) is 0 Å². The van der Waals surface area contributed by atoms with Crippen molar-refractivity contribution in [2.45, 2.75) is 0 Å². The molecule has 0 amide bonds. The van der Waals surface area contributed by atoms with E-state index in [1.54, 1.807) is 0 Å². The van der Waals surface area contributed by atoms with Gasteiger partial charge in [-0.15, -0.1) is 0 Å². The molecular weight excluding hydrogens is 558 g/mol. The Labute approximate surface area is 267 Å². The summed E-state index contributed by atoms with van der Waals surface area (Å²) in [7, 11) is 0. The van der Waals surface area contributed by atoms with E-state index in [0.717, 1.165) is 55.7 Å². The van der Waals surface area contributed by atoms with Gasteiger partial charge < -0.3 is 9.32 Å². The van der Waals surface area contributed by atoms with E-state index in [-0.39, 0.29) is 0 Å². The molecule has 46 heavy (non-hydrogen) atoms. The fourth-order valence-corrected chi connectivity index (χ4v) is 6.94. The van der Waals surface area contributed by atoms with Crippen LogP contribution in [0.2, 0.25) is 0 Å². The Hall–Kier alpha value is -6.12. The second-order valence-electron chi connectivity index (χ2n) is 11.7. The highest BCUT2D eigenvalue weighted by atomic mass is 16.3. The first-order valence-electron chi connectivity index (χ1n) is 15.7. The van der Waals surface area contributed by atoms with Gasteiger partial charge in [-0.25, -0.2) is 0 Å². The van der Waals surface area contributed by atoms with E-state index < -0.39 is 0 Å². The molecule has 2 nitrogen and oxygen atoms in total. The van der Waals surface area contributed by atoms with E-state index in [1.165, 1.54) is 27.1 Å². The van der Waals surface area contributed by atoms with Gasteiger partial charge in [-0.1, -0.05) is 140 Å². The number of anilines is 3. The molecule has 9 rings (SSSR count). The monoisotopic (exact) mass is 587 g/mol.